The number of Topliss-reactive ketones (excluding diaryl/α,β-unsaturated/α-hetero) is 3. The summed E-state index contributed by atoms with van der Waals surface area (Å²) >= 11 is 0. The highest BCUT2D eigenvalue weighted by molar-refractivity contribution is 7.58. The summed E-state index contributed by atoms with van der Waals surface area (Å²) in [5.74, 6) is -1.36. The molecular formula is C49H91N2O9P. The van der Waals surface area contributed by atoms with Gasteiger partial charge in [-0.1, -0.05) is 104 Å². The van der Waals surface area contributed by atoms with Gasteiger partial charge in [-0.3, -0.25) is 24.0 Å². The zero-order valence-corrected chi connectivity index (χ0v) is 43.6. The normalized spacial score (nSPS) is 17.2. The summed E-state index contributed by atoms with van der Waals surface area (Å²) in [7, 11) is -0.589. The van der Waals surface area contributed by atoms with Crippen LogP contribution in [-0.2, 0) is 38.2 Å². The molecule has 11 nitrogen and oxygen atoms in total. The van der Waals surface area contributed by atoms with Crippen LogP contribution in [-0.4, -0.2) is 65.1 Å². The molecule has 0 aliphatic carbocycles. The van der Waals surface area contributed by atoms with E-state index in [4.69, 9.17) is 25.7 Å². The second kappa shape index (κ2) is 21.6. The monoisotopic (exact) mass is 883 g/mol. The van der Waals surface area contributed by atoms with E-state index in [1.54, 1.807) is 41.5 Å². The van der Waals surface area contributed by atoms with Gasteiger partial charge >= 0.3 is 17.6 Å². The Kier molecular flexibility index (Phi) is 20.8. The van der Waals surface area contributed by atoms with E-state index >= 15 is 0 Å². The molecule has 0 saturated heterocycles. The summed E-state index contributed by atoms with van der Waals surface area (Å²) < 4.78 is 17.3. The van der Waals surface area contributed by atoms with E-state index < -0.39 is 78.0 Å². The molecule has 0 saturated carbocycles. The molecule has 0 radical (unpaired) electrons. The molecule has 0 bridgehead atoms. The van der Waals surface area contributed by atoms with Crippen LogP contribution in [0, 0.1) is 49.7 Å². The Bertz CT molecular complexity index is 1520. The van der Waals surface area contributed by atoms with Crippen molar-refractivity contribution in [2.45, 2.75) is 214 Å². The Morgan fingerprint density at radius 1 is 0.525 bits per heavy atom. The fraction of sp³-hybridized carbons (Fsp3) is 0.878. The van der Waals surface area contributed by atoms with E-state index in [9.17, 15) is 28.8 Å². The number of carbonyl (C=O) groups excluding carboxylic acids is 6. The molecule has 0 aromatic carbocycles. The zero-order chi connectivity index (χ0) is 48.6. The summed E-state index contributed by atoms with van der Waals surface area (Å²) in [5, 5.41) is -1.18. The minimum Gasteiger partial charge on any atom is -0.461 e. The first-order valence-electron chi connectivity index (χ1n) is 22.3. The summed E-state index contributed by atoms with van der Waals surface area (Å²) in [4.78, 5) is 80.6. The van der Waals surface area contributed by atoms with E-state index in [1.807, 2.05) is 41.5 Å². The van der Waals surface area contributed by atoms with Gasteiger partial charge in [-0.25, -0.2) is 4.79 Å². The maximum absolute atomic E-state index is 13.8. The average molecular weight is 883 g/mol. The lowest BCUT2D eigenvalue weighted by Gasteiger charge is -2.37. The van der Waals surface area contributed by atoms with Crippen molar-refractivity contribution in [2.24, 2.45) is 61.2 Å². The molecule has 4 N–H and O–H groups in total. The second-order valence-corrected chi connectivity index (χ2v) is 27.3. The van der Waals surface area contributed by atoms with Crippen LogP contribution < -0.4 is 11.5 Å². The first-order chi connectivity index (χ1) is 26.8. The maximum Gasteiger partial charge on any atom is 0.324 e. The predicted octanol–water partition coefficient (Wildman–Crippen LogP) is 11.0. The van der Waals surface area contributed by atoms with Crippen molar-refractivity contribution in [3.05, 3.63) is 0 Å². The van der Waals surface area contributed by atoms with E-state index in [-0.39, 0.29) is 64.7 Å². The lowest BCUT2D eigenvalue weighted by atomic mass is 9.69. The number of hydrogen-bond donors (Lipinski definition) is 2. The highest BCUT2D eigenvalue weighted by Crippen LogP contribution is 2.41. The van der Waals surface area contributed by atoms with Crippen LogP contribution in [0.2, 0.25) is 0 Å². The number of nitrogens with two attached hydrogens (primary N) is 2. The zero-order valence-electron chi connectivity index (χ0n) is 42.6. The molecule has 6 unspecified atom stereocenters. The Morgan fingerprint density at radius 3 is 1.41 bits per heavy atom. The quantitative estimate of drug-likeness (QED) is 0.0505. The molecule has 12 heteroatoms. The van der Waals surface area contributed by atoms with E-state index in [0.29, 0.717) is 25.7 Å². The number of carbonyl (C=O) groups is 6. The molecule has 61 heavy (non-hydrogen) atoms. The maximum atomic E-state index is 13.8. The standard InChI is InChI=1S/C49H91N2O9P/c1-32(22-35(52)33(2)24-41(3,4)5)23-44(12,13)39(56)60-34(28-59-40(57)61-49(21,51)26-37(54)46(16,17)30-43(9,10)11)27-58-38(55)47(18,19)31-48(20,50)25-36(53)45(14,15)29-42(6,7)8/h32-34,61H,22-31,50-51H2,1-21H3. The molecule has 0 aliphatic rings. The summed E-state index contributed by atoms with van der Waals surface area (Å²) in [6.07, 6.45) is 1.74. The molecule has 0 spiro atoms. The van der Waals surface area contributed by atoms with Crippen LogP contribution in [0.3, 0.4) is 0 Å². The van der Waals surface area contributed by atoms with Gasteiger partial charge in [-0.15, -0.1) is 0 Å². The summed E-state index contributed by atoms with van der Waals surface area (Å²) in [6.45, 7) is 39.6. The van der Waals surface area contributed by atoms with E-state index in [0.717, 1.165) is 6.42 Å². The average Bonchev–Trinajstić information content (AvgIpc) is 2.97. The number of ketones is 3. The molecule has 0 heterocycles. The van der Waals surface area contributed by atoms with Crippen molar-refractivity contribution < 1.29 is 43.0 Å². The fourth-order valence-corrected chi connectivity index (χ4v) is 9.92. The highest BCUT2D eigenvalue weighted by atomic mass is 31.1. The molecule has 0 amide bonds. The number of ether oxygens (including phenoxy) is 3. The first-order valence-corrected chi connectivity index (χ1v) is 23.3. The number of esters is 2. The molecule has 0 rings (SSSR count). The van der Waals surface area contributed by atoms with Crippen LogP contribution >= 0.6 is 8.58 Å². The Labute approximate surface area is 373 Å². The molecule has 0 aliphatic heterocycles. The number of hydrogen-bond acceptors (Lipinski definition) is 11. The largest absolute Gasteiger partial charge is 0.461 e. The first kappa shape index (κ1) is 58.8. The Hall–Kier alpha value is -2.23. The second-order valence-electron chi connectivity index (χ2n) is 25.5. The van der Waals surface area contributed by atoms with Crippen LogP contribution in [0.25, 0.3) is 0 Å². The topological polar surface area (TPSA) is 182 Å². The fourth-order valence-electron chi connectivity index (χ4n) is 9.05. The predicted molar refractivity (Wildman–Crippen MR) is 249 cm³/mol. The van der Waals surface area contributed by atoms with Crippen LogP contribution in [0.1, 0.15) is 197 Å². The van der Waals surface area contributed by atoms with Crippen molar-refractivity contribution in [1.82, 2.24) is 0 Å². The van der Waals surface area contributed by atoms with Crippen molar-refractivity contribution >= 4 is 43.6 Å². The third kappa shape index (κ3) is 23.9. The van der Waals surface area contributed by atoms with Gasteiger partial charge in [-0.2, -0.15) is 0 Å². The third-order valence-corrected chi connectivity index (χ3v) is 11.9. The van der Waals surface area contributed by atoms with Gasteiger partial charge in [0.15, 0.2) is 6.10 Å². The van der Waals surface area contributed by atoms with Gasteiger partial charge in [0.2, 0.25) is 0 Å². The molecule has 6 atom stereocenters. The minimum atomic E-state index is -1.18. The van der Waals surface area contributed by atoms with E-state index in [1.165, 1.54) is 0 Å². The Morgan fingerprint density at radius 2 is 0.967 bits per heavy atom. The number of rotatable bonds is 25. The minimum absolute atomic E-state index is 0.00830. The Balaban J connectivity index is 6.14. The van der Waals surface area contributed by atoms with Crippen molar-refractivity contribution in [3.8, 4) is 0 Å². The van der Waals surface area contributed by atoms with Gasteiger partial charge in [0.25, 0.3) is 0 Å². The van der Waals surface area contributed by atoms with E-state index in [2.05, 4.69) is 62.3 Å². The lowest BCUT2D eigenvalue weighted by Crippen LogP contribution is -2.47. The van der Waals surface area contributed by atoms with Crippen LogP contribution in [0.15, 0.2) is 0 Å². The van der Waals surface area contributed by atoms with Gasteiger partial charge in [0.1, 0.15) is 30.6 Å². The summed E-state index contributed by atoms with van der Waals surface area (Å²) in [6, 6.07) is 0. The SMILES string of the molecule is CC(CC(=O)C(C)CC(C)(C)C)CC(C)(C)C(=O)OC(COC(=O)PC(C)(N)CC(=O)C(C)(C)CC(C)(C)C)COC(=O)C(C)(C)CC(C)(N)CC(=O)C(C)(C)CC(C)(C)C. The van der Waals surface area contributed by atoms with Crippen molar-refractivity contribution in [3.63, 3.8) is 0 Å². The molecule has 0 aromatic rings. The molecule has 356 valence electrons. The smallest absolute Gasteiger partial charge is 0.324 e. The van der Waals surface area contributed by atoms with Crippen molar-refractivity contribution in [2.75, 3.05) is 13.2 Å². The van der Waals surface area contributed by atoms with Gasteiger partial charge in [-0.05, 0) is 95.8 Å². The van der Waals surface area contributed by atoms with Gasteiger partial charge in [0, 0.05) is 55.4 Å². The van der Waals surface area contributed by atoms with Crippen LogP contribution in [0.5, 0.6) is 0 Å². The summed E-state index contributed by atoms with van der Waals surface area (Å²) in [5.41, 5.74) is 7.93. The van der Waals surface area contributed by atoms with Crippen LogP contribution in [0.4, 0.5) is 4.79 Å². The third-order valence-electron chi connectivity index (χ3n) is 10.8. The molecule has 0 fully saturated rings. The molecular weight excluding hydrogens is 792 g/mol. The molecule has 0 aromatic heterocycles. The van der Waals surface area contributed by atoms with Gasteiger partial charge in [0.05, 0.1) is 10.8 Å². The lowest BCUT2D eigenvalue weighted by molar-refractivity contribution is -0.173. The van der Waals surface area contributed by atoms with Gasteiger partial charge < -0.3 is 25.7 Å². The van der Waals surface area contributed by atoms with Crippen molar-refractivity contribution in [1.29, 1.82) is 0 Å². The highest BCUT2D eigenvalue weighted by Gasteiger charge is 2.42.